The van der Waals surface area contributed by atoms with E-state index in [4.69, 9.17) is 27.7 Å². The van der Waals surface area contributed by atoms with Crippen molar-refractivity contribution in [2.24, 2.45) is 33.8 Å². The summed E-state index contributed by atoms with van der Waals surface area (Å²) in [7, 11) is 0. The zero-order valence-corrected chi connectivity index (χ0v) is 51.4. The molecule has 4 aromatic rings. The van der Waals surface area contributed by atoms with Gasteiger partial charge in [0.15, 0.2) is 5.96 Å². The molecular weight excluding hydrogens is 1180 g/mol. The van der Waals surface area contributed by atoms with Crippen molar-refractivity contribution in [1.29, 1.82) is 0 Å². The molecule has 32 nitrogen and oxygen atoms in total. The van der Waals surface area contributed by atoms with Crippen LogP contribution in [0.15, 0.2) is 72.2 Å². The van der Waals surface area contributed by atoms with Crippen molar-refractivity contribution in [3.05, 3.63) is 84.1 Å². The number of guanidine groups is 1. The average Bonchev–Trinajstić information content (AvgIpc) is 1.81. The number of phenols is 1. The molecule has 6 rings (SSSR count). The number of aliphatic hydroxyl groups excluding tert-OH is 1. The molecule has 4 heterocycles. The van der Waals surface area contributed by atoms with E-state index < -0.39 is 138 Å². The number of hydrogen-bond acceptors (Lipinski definition) is 16. The smallest absolute Gasteiger partial charge is 0.330 e. The first-order valence-corrected chi connectivity index (χ1v) is 29.8. The summed E-state index contributed by atoms with van der Waals surface area (Å²) in [5, 5.41) is 38.2. The number of benzene rings is 2. The number of rotatable bonds is 31. The number of aliphatic hydroxyl groups is 1. The monoisotopic (exact) mass is 1270 g/mol. The number of hydrogen-bond donors (Lipinski definition) is 16. The first kappa shape index (κ1) is 70.2. The number of primary amides is 2. The molecule has 2 aliphatic heterocycles. The van der Waals surface area contributed by atoms with Crippen LogP contribution < -0.4 is 65.7 Å². The van der Waals surface area contributed by atoms with Crippen LogP contribution in [-0.2, 0) is 71.9 Å². The second kappa shape index (κ2) is 32.6. The van der Waals surface area contributed by atoms with Crippen molar-refractivity contribution in [3.8, 4) is 5.75 Å². The molecule has 32 heteroatoms. The number of nitrogens with one attached hydrogen (secondary N) is 10. The van der Waals surface area contributed by atoms with E-state index in [1.165, 1.54) is 41.7 Å². The van der Waals surface area contributed by atoms with E-state index in [1.54, 1.807) is 65.1 Å². The number of carbonyl (C=O) groups excluding carboxylic acids is 11. The van der Waals surface area contributed by atoms with Gasteiger partial charge in [-0.05, 0) is 94.5 Å². The van der Waals surface area contributed by atoms with Crippen molar-refractivity contribution < 1.29 is 67.7 Å². The average molecular weight is 1270 g/mol. The first-order chi connectivity index (χ1) is 43.1. The molecule has 0 aliphatic carbocycles. The van der Waals surface area contributed by atoms with Gasteiger partial charge < -0.3 is 89.6 Å². The third-order valence-corrected chi connectivity index (χ3v) is 15.1. The van der Waals surface area contributed by atoms with Crippen molar-refractivity contribution >= 4 is 82.0 Å². The summed E-state index contributed by atoms with van der Waals surface area (Å²) in [5.41, 5.74) is 27.4. The van der Waals surface area contributed by atoms with E-state index in [0.717, 1.165) is 4.90 Å². The predicted molar refractivity (Wildman–Crippen MR) is 328 cm³/mol. The maximum atomic E-state index is 15.5. The fourth-order valence-electron chi connectivity index (χ4n) is 10.6. The van der Waals surface area contributed by atoms with Gasteiger partial charge in [0.25, 0.3) is 5.91 Å². The quantitative estimate of drug-likeness (QED) is 0.0103. The Labute approximate surface area is 524 Å². The molecule has 0 saturated carbocycles. The van der Waals surface area contributed by atoms with Gasteiger partial charge in [-0.2, -0.15) is 0 Å². The van der Waals surface area contributed by atoms with E-state index in [1.807, 2.05) is 5.43 Å². The maximum absolute atomic E-state index is 15.5. The minimum absolute atomic E-state index is 0.0196. The predicted octanol–water partition coefficient (Wildman–Crippen LogP) is -3.02. The van der Waals surface area contributed by atoms with Gasteiger partial charge in [0.2, 0.25) is 53.2 Å². The van der Waals surface area contributed by atoms with Gasteiger partial charge in [-0.3, -0.25) is 58.4 Å². The molecule has 494 valence electrons. The minimum atomic E-state index is -2.06. The maximum Gasteiger partial charge on any atom is 0.330 e. The Morgan fingerprint density at radius 2 is 1.45 bits per heavy atom. The number of amides is 12. The number of aromatic amines is 2. The molecule has 0 spiro atoms. The number of nitrogens with two attached hydrogens (primary N) is 4. The van der Waals surface area contributed by atoms with E-state index >= 15 is 14.4 Å². The highest BCUT2D eigenvalue weighted by molar-refractivity contribution is 6.00. The van der Waals surface area contributed by atoms with Crippen LogP contribution in [0.1, 0.15) is 96.4 Å². The van der Waals surface area contributed by atoms with Gasteiger partial charge in [-0.1, -0.05) is 44.2 Å². The summed E-state index contributed by atoms with van der Waals surface area (Å²) in [5.74, 6) is -9.53. The van der Waals surface area contributed by atoms with E-state index in [-0.39, 0.29) is 88.5 Å². The van der Waals surface area contributed by atoms with Crippen molar-refractivity contribution in [2.75, 3.05) is 26.3 Å². The lowest BCUT2D eigenvalue weighted by Gasteiger charge is -2.38. The van der Waals surface area contributed by atoms with Gasteiger partial charge in [-0.15, -0.1) is 0 Å². The van der Waals surface area contributed by atoms with E-state index in [2.05, 4.69) is 57.3 Å². The largest absolute Gasteiger partial charge is 0.508 e. The lowest BCUT2D eigenvalue weighted by atomic mass is 9.98. The number of nitrogens with zero attached hydrogens (tertiary/aromatic N) is 4. The number of aromatic hydroxyl groups is 1. The number of H-pyrrole nitrogens is 2. The van der Waals surface area contributed by atoms with Crippen molar-refractivity contribution in [3.63, 3.8) is 0 Å². The molecule has 9 atom stereocenters. The Kier molecular flexibility index (Phi) is 25.1. The molecule has 2 aromatic carbocycles. The summed E-state index contributed by atoms with van der Waals surface area (Å²) in [6.45, 7) is 6.99. The number of fused-ring (bicyclic) bond motifs is 1. The molecular formula is C59H84N18O14. The number of imidazole rings is 1. The van der Waals surface area contributed by atoms with Crippen LogP contribution in [0.3, 0.4) is 0 Å². The lowest BCUT2D eigenvalue weighted by Crippen LogP contribution is -2.65. The van der Waals surface area contributed by atoms with Crippen LogP contribution in [0.5, 0.6) is 5.75 Å². The van der Waals surface area contributed by atoms with Crippen LogP contribution in [0.2, 0.25) is 0 Å². The highest BCUT2D eigenvalue weighted by atomic mass is 16.5. The Bertz CT molecular complexity index is 3250. The molecule has 12 amide bonds. The Hall–Kier alpha value is -9.85. The number of likely N-dealkylation sites (tertiary alicyclic amines) is 1. The lowest BCUT2D eigenvalue weighted by molar-refractivity contribution is -0.151. The van der Waals surface area contributed by atoms with Crippen LogP contribution >= 0.6 is 0 Å². The molecule has 2 saturated heterocycles. The van der Waals surface area contributed by atoms with Crippen LogP contribution in [0, 0.1) is 5.92 Å². The number of carbonyl (C=O) groups is 11. The number of urea groups is 1. The van der Waals surface area contributed by atoms with E-state index in [9.17, 15) is 48.6 Å². The number of para-hydroxylation sites is 1. The van der Waals surface area contributed by atoms with Gasteiger partial charge in [0, 0.05) is 67.8 Å². The fourth-order valence-corrected chi connectivity index (χ4v) is 10.6. The summed E-state index contributed by atoms with van der Waals surface area (Å²) in [6, 6.07) is -2.14. The number of aromatic nitrogens is 3. The number of phenolic OH excluding ortho intramolecular Hbond substituents is 1. The molecule has 2 aromatic heterocycles. The molecule has 91 heavy (non-hydrogen) atoms. The molecule has 2 fully saturated rings. The SMILES string of the molecule is CC(C)C[C@H](NC(=O)[C@@H](COC(C)(C)C)NC(=O)[C@H](Cc1ccc(O)cc1)NC(=O)[C@H](CO)N(C(=O)[C@H](Cc1cnc[nH]1)NC(=O)[C@@H]1CCC(=O)N1)[C@@H](Cc1c[nH]c2ccccc12)C(N)=O)C(=O)N[C@@H](CCCN=C(N)N)C(=O)N1CCC[C@H]1C(=O)NNC(N)=O. The summed E-state index contributed by atoms with van der Waals surface area (Å²) >= 11 is 0. The summed E-state index contributed by atoms with van der Waals surface area (Å²) in [4.78, 5) is 170. The highest BCUT2D eigenvalue weighted by Crippen LogP contribution is 2.25. The van der Waals surface area contributed by atoms with Crippen LogP contribution in [-0.4, -0.2) is 192 Å². The Morgan fingerprint density at radius 3 is 2.08 bits per heavy atom. The van der Waals surface area contributed by atoms with Gasteiger partial charge in [-0.25, -0.2) is 15.2 Å². The number of hydrazine groups is 1. The Balaban J connectivity index is 1.34. The molecule has 0 unspecified atom stereocenters. The second-order valence-electron chi connectivity index (χ2n) is 23.7. The molecule has 2 aliphatic rings. The van der Waals surface area contributed by atoms with E-state index in [0.29, 0.717) is 34.1 Å². The zero-order valence-electron chi connectivity index (χ0n) is 51.4. The molecule has 0 bridgehead atoms. The van der Waals surface area contributed by atoms with Crippen LogP contribution in [0.25, 0.3) is 10.9 Å². The standard InChI is InChI=1S/C59H84N18O14/c1-31(2)22-40(50(83)69-39(12-8-20-65-57(61)62)55(88)76-21-9-13-44(76)54(87)74-75-58(63)90)70-52(85)43(29-91-59(3,4)5)73-51(84)41(23-32-14-16-35(79)17-15-32)71-53(86)46(28-78)77(45(48(60)81)24-33-26-66-37-11-7-6-10-36(33)37)56(89)42(25-34-27-64-30-67-34)72-49(82)38-18-19-47(80)68-38/h6-7,10-11,14-17,26-27,30-31,38-46,66,78-79H,8-9,12-13,18-25,28-29H2,1-5H3,(H2,60,81)(H,64,67)(H,68,80)(H,69,83)(H,70,85)(H,71,86)(H,72,82)(H,73,84)(H,74,87)(H4,61,62,65)(H3,63,75,90)/t38-,39-,40-,41-,42-,43+,44-,45-,46-/m0/s1. The van der Waals surface area contributed by atoms with Crippen LogP contribution in [0.4, 0.5) is 4.79 Å². The highest BCUT2D eigenvalue weighted by Gasteiger charge is 2.44. The van der Waals surface area contributed by atoms with Gasteiger partial charge in [0.1, 0.15) is 60.1 Å². The summed E-state index contributed by atoms with van der Waals surface area (Å²) in [6.07, 6.45) is 4.05. The third kappa shape index (κ3) is 20.6. The van der Waals surface area contributed by atoms with Gasteiger partial charge in [0.05, 0.1) is 25.1 Å². The van der Waals surface area contributed by atoms with Gasteiger partial charge >= 0.3 is 6.03 Å². The zero-order chi connectivity index (χ0) is 66.7. The number of aliphatic imine (C=N–C) groups is 1. The second-order valence-corrected chi connectivity index (χ2v) is 23.7. The normalized spacial score (nSPS) is 17.0. The van der Waals surface area contributed by atoms with Crippen molar-refractivity contribution in [2.45, 2.75) is 159 Å². The number of ether oxygens (including phenoxy) is 1. The minimum Gasteiger partial charge on any atom is -0.508 e. The first-order valence-electron chi connectivity index (χ1n) is 29.8. The fraction of sp³-hybridized carbons (Fsp3) is 0.508. The molecule has 20 N–H and O–H groups in total. The Morgan fingerprint density at radius 1 is 0.780 bits per heavy atom. The summed E-state index contributed by atoms with van der Waals surface area (Å²) < 4.78 is 6.06. The third-order valence-electron chi connectivity index (χ3n) is 15.1. The van der Waals surface area contributed by atoms with Crippen molar-refractivity contribution in [1.82, 2.24) is 67.5 Å². The topological polar surface area (TPSA) is 501 Å². The molecule has 0 radical (unpaired) electrons.